The van der Waals surface area contributed by atoms with Gasteiger partial charge in [-0.1, -0.05) is 25.5 Å². The smallest absolute Gasteiger partial charge is 0.238 e. The molecule has 0 heterocycles. The van der Waals surface area contributed by atoms with Crippen LogP contribution < -0.4 is 5.14 Å². The van der Waals surface area contributed by atoms with Crippen LogP contribution in [0.15, 0.2) is 29.2 Å². The van der Waals surface area contributed by atoms with E-state index in [0.29, 0.717) is 6.42 Å². The summed E-state index contributed by atoms with van der Waals surface area (Å²) < 4.78 is 22.4. The van der Waals surface area contributed by atoms with E-state index in [4.69, 9.17) is 5.14 Å². The first-order valence-electron chi connectivity index (χ1n) is 6.65. The van der Waals surface area contributed by atoms with Crippen molar-refractivity contribution in [3.05, 3.63) is 29.8 Å². The van der Waals surface area contributed by atoms with Crippen molar-refractivity contribution in [2.45, 2.75) is 44.0 Å². The number of nitrogens with two attached hydrogens (primary N) is 1. The Bertz CT molecular complexity index is 552. The molecule has 5 nitrogen and oxygen atoms in total. The molecular weight excluding hydrogens is 276 g/mol. The predicted octanol–water partition coefficient (Wildman–Crippen LogP) is 2.04. The number of nitrogens with zero attached hydrogens (tertiary/aromatic N) is 1. The Balaban J connectivity index is 2.82. The zero-order valence-corrected chi connectivity index (χ0v) is 13.0. The van der Waals surface area contributed by atoms with Gasteiger partial charge in [0, 0.05) is 13.5 Å². The molecular formula is C14H22N2O3S. The van der Waals surface area contributed by atoms with Crippen LogP contribution in [0.4, 0.5) is 0 Å². The van der Waals surface area contributed by atoms with Gasteiger partial charge in [-0.05, 0) is 31.0 Å². The van der Waals surface area contributed by atoms with E-state index in [-0.39, 0.29) is 16.8 Å². The number of hydrogen-bond acceptors (Lipinski definition) is 3. The number of carbonyl (C=O) groups excluding carboxylic acids is 1. The van der Waals surface area contributed by atoms with Crippen molar-refractivity contribution in [2.24, 2.45) is 5.14 Å². The highest BCUT2D eigenvalue weighted by atomic mass is 32.2. The normalized spacial score (nSPS) is 13.0. The van der Waals surface area contributed by atoms with Crippen LogP contribution in [0.2, 0.25) is 0 Å². The second-order valence-electron chi connectivity index (χ2n) is 4.90. The van der Waals surface area contributed by atoms with Crippen LogP contribution in [0.1, 0.15) is 44.7 Å². The number of primary sulfonamides is 1. The molecule has 0 fully saturated rings. The minimum absolute atomic E-state index is 0.0772. The molecule has 0 aliphatic heterocycles. The lowest BCUT2D eigenvalue weighted by molar-refractivity contribution is -0.131. The van der Waals surface area contributed by atoms with E-state index in [2.05, 4.69) is 0 Å². The topological polar surface area (TPSA) is 80.5 Å². The summed E-state index contributed by atoms with van der Waals surface area (Å²) in [5.41, 5.74) is 0.879. The number of benzene rings is 1. The van der Waals surface area contributed by atoms with Crippen molar-refractivity contribution in [1.29, 1.82) is 0 Å². The van der Waals surface area contributed by atoms with Crippen molar-refractivity contribution in [3.8, 4) is 0 Å². The number of amides is 1. The first-order chi connectivity index (χ1) is 9.27. The predicted molar refractivity (Wildman–Crippen MR) is 78.5 cm³/mol. The second kappa shape index (κ2) is 6.85. The first-order valence-corrected chi connectivity index (χ1v) is 8.20. The minimum atomic E-state index is -3.67. The maximum Gasteiger partial charge on any atom is 0.238 e. The van der Waals surface area contributed by atoms with Crippen molar-refractivity contribution in [3.63, 3.8) is 0 Å². The molecule has 0 radical (unpaired) electrons. The monoisotopic (exact) mass is 298 g/mol. The van der Waals surface area contributed by atoms with Gasteiger partial charge in [0.2, 0.25) is 15.9 Å². The molecule has 1 atom stereocenters. The van der Waals surface area contributed by atoms with Gasteiger partial charge in [-0.3, -0.25) is 4.79 Å². The average Bonchev–Trinajstić information content (AvgIpc) is 2.42. The lowest BCUT2D eigenvalue weighted by atomic mass is 10.1. The third kappa shape index (κ3) is 4.31. The highest BCUT2D eigenvalue weighted by Crippen LogP contribution is 2.21. The van der Waals surface area contributed by atoms with Crippen molar-refractivity contribution in [2.75, 3.05) is 7.05 Å². The quantitative estimate of drug-likeness (QED) is 0.872. The molecule has 0 aliphatic rings. The summed E-state index contributed by atoms with van der Waals surface area (Å²) in [7, 11) is -1.91. The van der Waals surface area contributed by atoms with E-state index in [1.807, 2.05) is 13.8 Å². The highest BCUT2D eigenvalue weighted by Gasteiger charge is 2.17. The Morgan fingerprint density at radius 3 is 2.30 bits per heavy atom. The van der Waals surface area contributed by atoms with E-state index in [1.54, 1.807) is 24.1 Å². The minimum Gasteiger partial charge on any atom is -0.339 e. The molecule has 112 valence electrons. The summed E-state index contributed by atoms with van der Waals surface area (Å²) in [6.07, 6.45) is 2.39. The van der Waals surface area contributed by atoms with Crippen molar-refractivity contribution >= 4 is 15.9 Å². The Labute approximate surface area is 120 Å². The molecule has 0 spiro atoms. The lowest BCUT2D eigenvalue weighted by Crippen LogP contribution is -2.29. The van der Waals surface area contributed by atoms with Gasteiger partial charge in [0.1, 0.15) is 0 Å². The van der Waals surface area contributed by atoms with Crippen LogP contribution >= 0.6 is 0 Å². The Kier molecular flexibility index (Phi) is 5.71. The Morgan fingerprint density at radius 1 is 1.30 bits per heavy atom. The van der Waals surface area contributed by atoms with E-state index >= 15 is 0 Å². The molecule has 6 heteroatoms. The van der Waals surface area contributed by atoms with Gasteiger partial charge < -0.3 is 4.90 Å². The molecule has 0 bridgehead atoms. The van der Waals surface area contributed by atoms with E-state index in [9.17, 15) is 13.2 Å². The molecule has 20 heavy (non-hydrogen) atoms. The number of carbonyl (C=O) groups is 1. The Morgan fingerprint density at radius 2 is 1.85 bits per heavy atom. The molecule has 1 aromatic carbocycles. The van der Waals surface area contributed by atoms with Crippen LogP contribution in [0, 0.1) is 0 Å². The fraction of sp³-hybridized carbons (Fsp3) is 0.500. The van der Waals surface area contributed by atoms with Crippen LogP contribution in [-0.4, -0.2) is 26.3 Å². The number of rotatable bonds is 6. The molecule has 0 aliphatic carbocycles. The highest BCUT2D eigenvalue weighted by molar-refractivity contribution is 7.89. The van der Waals surface area contributed by atoms with Crippen LogP contribution in [0.3, 0.4) is 0 Å². The van der Waals surface area contributed by atoms with Gasteiger partial charge in [-0.2, -0.15) is 0 Å². The van der Waals surface area contributed by atoms with Crippen LogP contribution in [-0.2, 0) is 14.8 Å². The van der Waals surface area contributed by atoms with Gasteiger partial charge in [0.05, 0.1) is 10.9 Å². The number of sulfonamides is 1. The third-order valence-electron chi connectivity index (χ3n) is 3.41. The summed E-state index contributed by atoms with van der Waals surface area (Å²) in [4.78, 5) is 13.7. The summed E-state index contributed by atoms with van der Waals surface area (Å²) in [5, 5.41) is 5.05. The summed E-state index contributed by atoms with van der Waals surface area (Å²) in [5.74, 6) is 0.0925. The number of hydrogen-bond donors (Lipinski definition) is 1. The van der Waals surface area contributed by atoms with E-state index in [0.717, 1.165) is 18.4 Å². The largest absolute Gasteiger partial charge is 0.339 e. The molecule has 0 aromatic heterocycles. The fourth-order valence-electron chi connectivity index (χ4n) is 1.88. The fourth-order valence-corrected chi connectivity index (χ4v) is 2.40. The average molecular weight is 298 g/mol. The molecule has 1 unspecified atom stereocenters. The third-order valence-corrected chi connectivity index (χ3v) is 4.34. The maximum atomic E-state index is 12.0. The van der Waals surface area contributed by atoms with Crippen LogP contribution in [0.5, 0.6) is 0 Å². The van der Waals surface area contributed by atoms with Crippen molar-refractivity contribution < 1.29 is 13.2 Å². The Hall–Kier alpha value is -1.40. The lowest BCUT2D eigenvalue weighted by Gasteiger charge is -2.25. The summed E-state index contributed by atoms with van der Waals surface area (Å²) in [6, 6.07) is 6.20. The van der Waals surface area contributed by atoms with E-state index < -0.39 is 10.0 Å². The van der Waals surface area contributed by atoms with Gasteiger partial charge in [0.25, 0.3) is 0 Å². The molecule has 2 N–H and O–H groups in total. The SMILES string of the molecule is CCCCC(=O)N(C)C(C)c1ccc(S(N)(=O)=O)cc1. The zero-order chi connectivity index (χ0) is 15.3. The zero-order valence-electron chi connectivity index (χ0n) is 12.2. The molecule has 0 saturated heterocycles. The van der Waals surface area contributed by atoms with Crippen molar-refractivity contribution in [1.82, 2.24) is 4.90 Å². The summed E-state index contributed by atoms with van der Waals surface area (Å²) in [6.45, 7) is 3.96. The van der Waals surface area contributed by atoms with E-state index in [1.165, 1.54) is 12.1 Å². The molecule has 0 saturated carbocycles. The van der Waals surface area contributed by atoms with Gasteiger partial charge >= 0.3 is 0 Å². The second-order valence-corrected chi connectivity index (χ2v) is 6.46. The molecule has 1 aromatic rings. The first kappa shape index (κ1) is 16.7. The molecule has 1 rings (SSSR count). The summed E-state index contributed by atoms with van der Waals surface area (Å²) >= 11 is 0. The van der Waals surface area contributed by atoms with Gasteiger partial charge in [-0.25, -0.2) is 13.6 Å². The molecule has 1 amide bonds. The number of unbranched alkanes of at least 4 members (excludes halogenated alkanes) is 1. The standard InChI is InChI=1S/C14H22N2O3S/c1-4-5-6-14(17)16(3)11(2)12-7-9-13(10-8-12)20(15,18)19/h7-11H,4-6H2,1-3H3,(H2,15,18,19). The van der Waals surface area contributed by atoms with Crippen LogP contribution in [0.25, 0.3) is 0 Å². The maximum absolute atomic E-state index is 12.0. The van der Waals surface area contributed by atoms with Gasteiger partial charge in [-0.15, -0.1) is 0 Å². The van der Waals surface area contributed by atoms with Gasteiger partial charge in [0.15, 0.2) is 0 Å².